The highest BCUT2D eigenvalue weighted by atomic mass is 32.2. The van der Waals surface area contributed by atoms with Crippen molar-refractivity contribution in [1.29, 1.82) is 0 Å². The van der Waals surface area contributed by atoms with E-state index >= 15 is 0 Å². The van der Waals surface area contributed by atoms with Gasteiger partial charge in [-0.3, -0.25) is 0 Å². The largest absolute Gasteiger partial charge is 0.497 e. The van der Waals surface area contributed by atoms with Crippen LogP contribution in [-0.4, -0.2) is 21.7 Å². The maximum Gasteiger partial charge on any atom is 0.154 e. The Morgan fingerprint density at radius 2 is 1.84 bits per heavy atom. The Labute approximate surface area is 150 Å². The van der Waals surface area contributed by atoms with Crippen molar-refractivity contribution in [3.05, 3.63) is 72.4 Å². The summed E-state index contributed by atoms with van der Waals surface area (Å²) in [5.41, 5.74) is 4.10. The fourth-order valence-electron chi connectivity index (χ4n) is 2.57. The summed E-state index contributed by atoms with van der Waals surface area (Å²) in [5, 5.41) is 5.58. The molecule has 25 heavy (non-hydrogen) atoms. The Morgan fingerprint density at radius 1 is 1.00 bits per heavy atom. The second-order valence-electron chi connectivity index (χ2n) is 5.75. The lowest BCUT2D eigenvalue weighted by Gasteiger charge is -2.04. The van der Waals surface area contributed by atoms with Gasteiger partial charge in [0.2, 0.25) is 0 Å². The zero-order valence-electron chi connectivity index (χ0n) is 14.0. The van der Waals surface area contributed by atoms with Gasteiger partial charge in [0.1, 0.15) is 10.8 Å². The Hall–Kier alpha value is -2.79. The molecule has 0 aliphatic carbocycles. The molecule has 0 fully saturated rings. The number of aryl methyl sites for hydroxylation is 1. The number of nitrogens with zero attached hydrogens (tertiary/aromatic N) is 3. The summed E-state index contributed by atoms with van der Waals surface area (Å²) < 4.78 is 7.11. The van der Waals surface area contributed by atoms with E-state index in [0.29, 0.717) is 0 Å². The molecule has 2 heterocycles. The van der Waals surface area contributed by atoms with Crippen LogP contribution in [0, 0.1) is 6.92 Å². The molecule has 0 saturated heterocycles. The minimum absolute atomic E-state index is 0.838. The standard InChI is InChI=1S/C20H17N3OS/c1-14-6-8-15(9-7-14)18-13-23-19(21-18)10-11-20(22-23)25-17-5-3-4-16(12-17)24-2/h3-13H,1-2H3. The topological polar surface area (TPSA) is 39.4 Å². The minimum atomic E-state index is 0.838. The molecule has 0 bridgehead atoms. The van der Waals surface area contributed by atoms with Gasteiger partial charge >= 0.3 is 0 Å². The summed E-state index contributed by atoms with van der Waals surface area (Å²) in [6.45, 7) is 2.08. The third-order valence-electron chi connectivity index (χ3n) is 3.91. The van der Waals surface area contributed by atoms with E-state index in [1.807, 2.05) is 47.1 Å². The van der Waals surface area contributed by atoms with Gasteiger partial charge in [-0.25, -0.2) is 9.50 Å². The van der Waals surface area contributed by atoms with Crippen molar-refractivity contribution in [2.24, 2.45) is 0 Å². The molecule has 5 heteroatoms. The summed E-state index contributed by atoms with van der Waals surface area (Å²) in [6, 6.07) is 20.3. The van der Waals surface area contributed by atoms with Gasteiger partial charge in [-0.15, -0.1) is 0 Å². The molecular formula is C20H17N3OS. The summed E-state index contributed by atoms with van der Waals surface area (Å²) in [6.07, 6.45) is 1.97. The Balaban J connectivity index is 1.64. The summed E-state index contributed by atoms with van der Waals surface area (Å²) in [5.74, 6) is 0.843. The zero-order valence-corrected chi connectivity index (χ0v) is 14.8. The number of imidazole rings is 1. The predicted octanol–water partition coefficient (Wildman–Crippen LogP) is 4.86. The quantitative estimate of drug-likeness (QED) is 0.528. The van der Waals surface area contributed by atoms with E-state index < -0.39 is 0 Å². The van der Waals surface area contributed by atoms with Crippen molar-refractivity contribution < 1.29 is 4.74 Å². The van der Waals surface area contributed by atoms with Crippen LogP contribution < -0.4 is 4.74 Å². The number of fused-ring (bicyclic) bond motifs is 1. The van der Waals surface area contributed by atoms with Crippen molar-refractivity contribution in [3.63, 3.8) is 0 Å². The maximum absolute atomic E-state index is 5.27. The van der Waals surface area contributed by atoms with Crippen LogP contribution in [0.4, 0.5) is 0 Å². The van der Waals surface area contributed by atoms with Crippen molar-refractivity contribution in [3.8, 4) is 17.0 Å². The molecule has 2 aromatic carbocycles. The second kappa shape index (κ2) is 6.61. The lowest BCUT2D eigenvalue weighted by atomic mass is 10.1. The van der Waals surface area contributed by atoms with Crippen LogP contribution in [0.25, 0.3) is 16.9 Å². The molecule has 124 valence electrons. The normalized spacial score (nSPS) is 11.0. The smallest absolute Gasteiger partial charge is 0.154 e. The second-order valence-corrected chi connectivity index (χ2v) is 6.84. The lowest BCUT2D eigenvalue weighted by molar-refractivity contribution is 0.413. The fourth-order valence-corrected chi connectivity index (χ4v) is 3.40. The molecule has 4 rings (SSSR count). The number of ether oxygens (including phenoxy) is 1. The number of methoxy groups -OCH3 is 1. The van der Waals surface area contributed by atoms with Crippen molar-refractivity contribution in [2.45, 2.75) is 16.8 Å². The first-order valence-corrected chi connectivity index (χ1v) is 8.78. The molecular weight excluding hydrogens is 330 g/mol. The molecule has 4 aromatic rings. The van der Waals surface area contributed by atoms with Crippen LogP contribution >= 0.6 is 11.8 Å². The number of hydrogen-bond donors (Lipinski definition) is 0. The highest BCUT2D eigenvalue weighted by Crippen LogP contribution is 2.29. The van der Waals surface area contributed by atoms with E-state index in [1.54, 1.807) is 18.9 Å². The van der Waals surface area contributed by atoms with Gasteiger partial charge in [0, 0.05) is 10.5 Å². The predicted molar refractivity (Wildman–Crippen MR) is 100 cm³/mol. The van der Waals surface area contributed by atoms with Crippen LogP contribution in [0.5, 0.6) is 5.75 Å². The van der Waals surface area contributed by atoms with E-state index in [2.05, 4.69) is 41.3 Å². The number of hydrogen-bond acceptors (Lipinski definition) is 4. The molecule has 0 amide bonds. The number of aromatic nitrogens is 3. The molecule has 0 aliphatic heterocycles. The Bertz CT molecular complexity index is 1020. The first kappa shape index (κ1) is 15.7. The number of benzene rings is 2. The molecule has 0 N–H and O–H groups in total. The first-order valence-electron chi connectivity index (χ1n) is 7.97. The minimum Gasteiger partial charge on any atom is -0.497 e. The summed E-state index contributed by atoms with van der Waals surface area (Å²) >= 11 is 1.60. The number of rotatable bonds is 4. The van der Waals surface area contributed by atoms with Crippen LogP contribution in [0.2, 0.25) is 0 Å². The third-order valence-corrected chi connectivity index (χ3v) is 4.82. The molecule has 0 saturated carbocycles. The fraction of sp³-hybridized carbons (Fsp3) is 0.100. The summed E-state index contributed by atoms with van der Waals surface area (Å²) in [4.78, 5) is 5.75. The van der Waals surface area contributed by atoms with Crippen LogP contribution in [-0.2, 0) is 0 Å². The van der Waals surface area contributed by atoms with Gasteiger partial charge in [-0.2, -0.15) is 5.10 Å². The van der Waals surface area contributed by atoms with Crippen LogP contribution in [0.1, 0.15) is 5.56 Å². The van der Waals surface area contributed by atoms with E-state index in [4.69, 9.17) is 4.74 Å². The van der Waals surface area contributed by atoms with Gasteiger partial charge in [-0.05, 0) is 37.3 Å². The first-order chi connectivity index (χ1) is 12.2. The molecule has 0 atom stereocenters. The maximum atomic E-state index is 5.27. The molecule has 0 aliphatic rings. The summed E-state index contributed by atoms with van der Waals surface area (Å²) in [7, 11) is 1.67. The molecule has 0 radical (unpaired) electrons. The lowest BCUT2D eigenvalue weighted by Crippen LogP contribution is -1.91. The molecule has 2 aromatic heterocycles. The molecule has 0 spiro atoms. The van der Waals surface area contributed by atoms with Gasteiger partial charge in [-0.1, -0.05) is 47.7 Å². The van der Waals surface area contributed by atoms with E-state index in [0.717, 1.165) is 32.6 Å². The average Bonchev–Trinajstić information content (AvgIpc) is 3.06. The Morgan fingerprint density at radius 3 is 2.64 bits per heavy atom. The van der Waals surface area contributed by atoms with Crippen molar-refractivity contribution in [1.82, 2.24) is 14.6 Å². The molecule has 0 unspecified atom stereocenters. The molecule has 4 nitrogen and oxygen atoms in total. The monoisotopic (exact) mass is 347 g/mol. The van der Waals surface area contributed by atoms with Crippen molar-refractivity contribution >= 4 is 17.4 Å². The van der Waals surface area contributed by atoms with Crippen LogP contribution in [0.3, 0.4) is 0 Å². The van der Waals surface area contributed by atoms with Gasteiger partial charge in [0.25, 0.3) is 0 Å². The van der Waals surface area contributed by atoms with E-state index in [-0.39, 0.29) is 0 Å². The van der Waals surface area contributed by atoms with Crippen molar-refractivity contribution in [2.75, 3.05) is 7.11 Å². The average molecular weight is 347 g/mol. The van der Waals surface area contributed by atoms with E-state index in [9.17, 15) is 0 Å². The van der Waals surface area contributed by atoms with Crippen LogP contribution in [0.15, 0.2) is 76.8 Å². The van der Waals surface area contributed by atoms with Gasteiger partial charge in [0.05, 0.1) is 19.0 Å². The van der Waals surface area contributed by atoms with Gasteiger partial charge < -0.3 is 4.74 Å². The zero-order chi connectivity index (χ0) is 17.2. The highest BCUT2D eigenvalue weighted by Gasteiger charge is 2.07. The Kier molecular flexibility index (Phi) is 4.15. The van der Waals surface area contributed by atoms with Gasteiger partial charge in [0.15, 0.2) is 5.65 Å². The third kappa shape index (κ3) is 3.37. The van der Waals surface area contributed by atoms with E-state index in [1.165, 1.54) is 5.56 Å². The highest BCUT2D eigenvalue weighted by molar-refractivity contribution is 7.99. The SMILES string of the molecule is COc1cccc(Sc2ccc3nc(-c4ccc(C)cc4)cn3n2)c1.